The van der Waals surface area contributed by atoms with E-state index in [1.807, 2.05) is 6.08 Å². The van der Waals surface area contributed by atoms with Crippen molar-refractivity contribution in [3.8, 4) is 0 Å². The molecule has 0 N–H and O–H groups in total. The number of hydrogen-bond donors (Lipinski definition) is 0. The number of Topliss-reactive ketones (excluding diaryl/α,β-unsaturated/α-hetero) is 1. The zero-order chi connectivity index (χ0) is 14.8. The Labute approximate surface area is 127 Å². The average Bonchev–Trinajstić information content (AvgIpc) is 2.76. The predicted molar refractivity (Wildman–Crippen MR) is 81.7 cm³/mol. The van der Waals surface area contributed by atoms with Gasteiger partial charge in [0.05, 0.1) is 0 Å². The van der Waals surface area contributed by atoms with Gasteiger partial charge in [-0.15, -0.1) is 0 Å². The SMILES string of the molecule is C[C@]12CCC(=O)C=C1CC[C@@H]1[C@@H]2CC[C@]2([13CH3])C(=O)CC[C@@H]12. The first-order valence-electron chi connectivity index (χ1n) is 8.72. The van der Waals surface area contributed by atoms with Gasteiger partial charge in [0.1, 0.15) is 5.78 Å². The highest BCUT2D eigenvalue weighted by Gasteiger charge is 2.58. The molecule has 0 unspecified atom stereocenters. The van der Waals surface area contributed by atoms with Crippen LogP contribution in [0.5, 0.6) is 0 Å². The average molecular weight is 287 g/mol. The van der Waals surface area contributed by atoms with Gasteiger partial charge in [-0.25, -0.2) is 0 Å². The van der Waals surface area contributed by atoms with Crippen LogP contribution in [0.3, 0.4) is 0 Å². The summed E-state index contributed by atoms with van der Waals surface area (Å²) in [5.41, 5.74) is 1.64. The summed E-state index contributed by atoms with van der Waals surface area (Å²) in [6.45, 7) is 4.64. The van der Waals surface area contributed by atoms with Crippen LogP contribution in [-0.4, -0.2) is 11.6 Å². The van der Waals surface area contributed by atoms with Crippen molar-refractivity contribution in [3.05, 3.63) is 11.6 Å². The third kappa shape index (κ3) is 1.71. The maximum absolute atomic E-state index is 12.4. The predicted octanol–water partition coefficient (Wildman–Crippen LogP) is 4.09. The lowest BCUT2D eigenvalue weighted by atomic mass is 9.48. The maximum atomic E-state index is 12.4. The molecule has 3 saturated carbocycles. The van der Waals surface area contributed by atoms with Crippen LogP contribution >= 0.6 is 0 Å². The zero-order valence-electron chi connectivity index (χ0n) is 13.3. The Kier molecular flexibility index (Phi) is 2.81. The fourth-order valence-electron chi connectivity index (χ4n) is 6.33. The molecule has 4 aliphatic rings. The standard InChI is InChI=1S/C19H26O2/c1-18-9-7-13(20)11-12(18)3-4-14-15-5-6-17(21)19(15,2)10-8-16(14)18/h11,14-16H,3-10H2,1-2H3/t14-,15-,16-,18-,19-/m0/s1/i2+1. The van der Waals surface area contributed by atoms with E-state index < -0.39 is 0 Å². The zero-order valence-corrected chi connectivity index (χ0v) is 13.3. The Morgan fingerprint density at radius 1 is 0.905 bits per heavy atom. The van der Waals surface area contributed by atoms with E-state index >= 15 is 0 Å². The molecule has 3 fully saturated rings. The first-order chi connectivity index (χ1) is 9.95. The van der Waals surface area contributed by atoms with Crippen molar-refractivity contribution < 1.29 is 9.59 Å². The fourth-order valence-corrected chi connectivity index (χ4v) is 6.33. The Morgan fingerprint density at radius 2 is 1.67 bits per heavy atom. The van der Waals surface area contributed by atoms with E-state index in [1.54, 1.807) is 0 Å². The summed E-state index contributed by atoms with van der Waals surface area (Å²) in [6, 6.07) is 0. The highest BCUT2D eigenvalue weighted by molar-refractivity contribution is 5.91. The molecule has 2 nitrogen and oxygen atoms in total. The Morgan fingerprint density at radius 3 is 2.48 bits per heavy atom. The number of ketones is 2. The molecular formula is C19H26O2. The normalized spacial score (nSPS) is 49.2. The molecule has 0 saturated heterocycles. The molecule has 0 spiro atoms. The maximum Gasteiger partial charge on any atom is 0.155 e. The second-order valence-electron chi connectivity index (χ2n) is 8.39. The second-order valence-corrected chi connectivity index (χ2v) is 8.39. The third-order valence-corrected chi connectivity index (χ3v) is 7.67. The van der Waals surface area contributed by atoms with E-state index in [0.29, 0.717) is 29.3 Å². The first kappa shape index (κ1) is 13.7. The molecule has 0 bridgehead atoms. The van der Waals surface area contributed by atoms with Crippen molar-refractivity contribution in [2.45, 2.75) is 65.2 Å². The molecule has 21 heavy (non-hydrogen) atoms. The van der Waals surface area contributed by atoms with Crippen LogP contribution in [0, 0.1) is 28.6 Å². The quantitative estimate of drug-likeness (QED) is 0.629. The van der Waals surface area contributed by atoms with Gasteiger partial charge < -0.3 is 0 Å². The van der Waals surface area contributed by atoms with Crippen molar-refractivity contribution in [2.24, 2.45) is 28.6 Å². The minimum Gasteiger partial charge on any atom is -0.299 e. The topological polar surface area (TPSA) is 34.1 Å². The van der Waals surface area contributed by atoms with Gasteiger partial charge in [0.15, 0.2) is 5.78 Å². The van der Waals surface area contributed by atoms with Crippen LogP contribution < -0.4 is 0 Å². The van der Waals surface area contributed by atoms with Gasteiger partial charge in [0.2, 0.25) is 0 Å². The van der Waals surface area contributed by atoms with E-state index in [-0.39, 0.29) is 10.8 Å². The molecule has 4 rings (SSSR count). The summed E-state index contributed by atoms with van der Waals surface area (Å²) < 4.78 is 0. The van der Waals surface area contributed by atoms with Crippen LogP contribution in [-0.2, 0) is 9.59 Å². The summed E-state index contributed by atoms with van der Waals surface area (Å²) in [5.74, 6) is 2.88. The fraction of sp³-hybridized carbons (Fsp3) is 0.789. The molecule has 0 aliphatic heterocycles. The Bertz CT molecular complexity index is 546. The van der Waals surface area contributed by atoms with Gasteiger partial charge in [0, 0.05) is 18.3 Å². The van der Waals surface area contributed by atoms with Crippen LogP contribution in [0.25, 0.3) is 0 Å². The largest absolute Gasteiger partial charge is 0.299 e. The summed E-state index contributed by atoms with van der Waals surface area (Å²) >= 11 is 0. The van der Waals surface area contributed by atoms with Gasteiger partial charge in [0.25, 0.3) is 0 Å². The lowest BCUT2D eigenvalue weighted by Gasteiger charge is -2.56. The van der Waals surface area contributed by atoms with Crippen molar-refractivity contribution in [2.75, 3.05) is 0 Å². The van der Waals surface area contributed by atoms with Crippen molar-refractivity contribution in [1.29, 1.82) is 0 Å². The summed E-state index contributed by atoms with van der Waals surface area (Å²) in [6.07, 6.45) is 10.2. The lowest BCUT2D eigenvalue weighted by molar-refractivity contribution is -0.132. The van der Waals surface area contributed by atoms with Gasteiger partial charge in [-0.3, -0.25) is 9.59 Å². The van der Waals surface area contributed by atoms with Crippen molar-refractivity contribution >= 4 is 11.6 Å². The minimum absolute atomic E-state index is 0.0246. The lowest BCUT2D eigenvalue weighted by Crippen LogP contribution is -2.50. The van der Waals surface area contributed by atoms with Gasteiger partial charge in [-0.1, -0.05) is 19.4 Å². The van der Waals surface area contributed by atoms with E-state index in [2.05, 4.69) is 13.8 Å². The van der Waals surface area contributed by atoms with Gasteiger partial charge in [-0.05, 0) is 67.8 Å². The molecule has 0 aromatic carbocycles. The van der Waals surface area contributed by atoms with Crippen LogP contribution in [0.15, 0.2) is 11.6 Å². The van der Waals surface area contributed by atoms with E-state index in [4.69, 9.17) is 0 Å². The van der Waals surface area contributed by atoms with Gasteiger partial charge in [-0.2, -0.15) is 0 Å². The highest BCUT2D eigenvalue weighted by atomic mass is 16.1. The van der Waals surface area contributed by atoms with E-state index in [1.165, 1.54) is 18.4 Å². The first-order valence-corrected chi connectivity index (χ1v) is 8.72. The second kappa shape index (κ2) is 4.30. The molecule has 5 atom stereocenters. The molecule has 4 aliphatic carbocycles. The van der Waals surface area contributed by atoms with Gasteiger partial charge >= 0.3 is 0 Å². The smallest absolute Gasteiger partial charge is 0.155 e. The molecule has 0 aromatic rings. The molecule has 114 valence electrons. The third-order valence-electron chi connectivity index (χ3n) is 7.67. The number of carbonyl (C=O) groups is 2. The molecule has 0 radical (unpaired) electrons. The Hall–Kier alpha value is -0.920. The summed E-state index contributed by atoms with van der Waals surface area (Å²) in [5, 5.41) is 0. The van der Waals surface area contributed by atoms with E-state index in [9.17, 15) is 9.59 Å². The summed E-state index contributed by atoms with van der Waals surface area (Å²) in [7, 11) is 0. The molecule has 0 amide bonds. The minimum atomic E-state index is -0.0246. The molecule has 0 heterocycles. The Balaban J connectivity index is 1.70. The van der Waals surface area contributed by atoms with Crippen LogP contribution in [0.2, 0.25) is 0 Å². The molecule has 0 aromatic heterocycles. The van der Waals surface area contributed by atoms with Crippen molar-refractivity contribution in [1.82, 2.24) is 0 Å². The highest BCUT2D eigenvalue weighted by Crippen LogP contribution is 2.64. The van der Waals surface area contributed by atoms with E-state index in [0.717, 1.165) is 38.5 Å². The number of carbonyl (C=O) groups excluding carboxylic acids is 2. The number of allylic oxidation sites excluding steroid dienone is 1. The monoisotopic (exact) mass is 287 g/mol. The number of rotatable bonds is 0. The van der Waals surface area contributed by atoms with Crippen LogP contribution in [0.4, 0.5) is 0 Å². The number of hydrogen-bond acceptors (Lipinski definition) is 2. The summed E-state index contributed by atoms with van der Waals surface area (Å²) in [4.78, 5) is 24.1. The molecule has 2 heteroatoms. The molecular weight excluding hydrogens is 261 g/mol. The number of fused-ring (bicyclic) bond motifs is 5. The van der Waals surface area contributed by atoms with Crippen molar-refractivity contribution in [3.63, 3.8) is 0 Å². The van der Waals surface area contributed by atoms with Crippen LogP contribution in [0.1, 0.15) is 65.2 Å².